The van der Waals surface area contributed by atoms with Gasteiger partial charge in [-0.05, 0) is 30.9 Å². The van der Waals surface area contributed by atoms with E-state index >= 15 is 0 Å². The molecule has 0 aliphatic rings. The average Bonchev–Trinajstić information content (AvgIpc) is 2.32. The molecule has 0 aliphatic heterocycles. The maximum absolute atomic E-state index is 12.0. The van der Waals surface area contributed by atoms with Crippen LogP contribution in [0.4, 0.5) is 0 Å². The highest BCUT2D eigenvalue weighted by molar-refractivity contribution is 7.98. The summed E-state index contributed by atoms with van der Waals surface area (Å²) in [6, 6.07) is 0.437. The number of hydrogen-bond donors (Lipinski definition) is 2. The Balaban J connectivity index is 3.97. The van der Waals surface area contributed by atoms with Crippen LogP contribution in [0.25, 0.3) is 0 Å². The lowest BCUT2D eigenvalue weighted by molar-refractivity contribution is 0.435. The van der Waals surface area contributed by atoms with E-state index in [0.717, 1.165) is 18.7 Å². The molecule has 7 heteroatoms. The summed E-state index contributed by atoms with van der Waals surface area (Å²) < 4.78 is 28.0. The lowest BCUT2D eigenvalue weighted by Crippen LogP contribution is -2.41. The third kappa shape index (κ3) is 9.67. The van der Waals surface area contributed by atoms with Gasteiger partial charge in [-0.2, -0.15) is 24.5 Å². The SMILES string of the molecule is CSCC(C)CNS(=O)(=O)N(C)CCCNC(C)C. The van der Waals surface area contributed by atoms with Crippen LogP contribution in [0.5, 0.6) is 0 Å². The second-order valence-corrected chi connectivity index (χ2v) is 7.97. The molecule has 0 aliphatic carbocycles. The third-order valence-electron chi connectivity index (χ3n) is 2.68. The average molecular weight is 312 g/mol. The first-order chi connectivity index (χ1) is 8.79. The van der Waals surface area contributed by atoms with Crippen LogP contribution < -0.4 is 10.0 Å². The summed E-state index contributed by atoms with van der Waals surface area (Å²) in [5.74, 6) is 1.31. The Labute approximate surface area is 123 Å². The monoisotopic (exact) mass is 311 g/mol. The van der Waals surface area contributed by atoms with E-state index in [-0.39, 0.29) is 0 Å². The maximum Gasteiger partial charge on any atom is 0.279 e. The minimum Gasteiger partial charge on any atom is -0.314 e. The van der Waals surface area contributed by atoms with Gasteiger partial charge in [-0.1, -0.05) is 20.8 Å². The molecule has 1 unspecified atom stereocenters. The van der Waals surface area contributed by atoms with Gasteiger partial charge in [0.2, 0.25) is 0 Å². The zero-order valence-electron chi connectivity index (χ0n) is 12.8. The van der Waals surface area contributed by atoms with E-state index in [1.807, 2.05) is 13.2 Å². The van der Waals surface area contributed by atoms with Crippen molar-refractivity contribution in [2.45, 2.75) is 33.2 Å². The van der Waals surface area contributed by atoms with E-state index in [1.165, 1.54) is 4.31 Å². The van der Waals surface area contributed by atoms with Gasteiger partial charge in [-0.3, -0.25) is 0 Å². The Morgan fingerprint density at radius 2 is 1.89 bits per heavy atom. The Kier molecular flexibility index (Phi) is 10.1. The van der Waals surface area contributed by atoms with Crippen LogP contribution in [0.1, 0.15) is 27.2 Å². The molecule has 0 aromatic carbocycles. The number of thioether (sulfide) groups is 1. The number of nitrogens with one attached hydrogen (secondary N) is 2. The summed E-state index contributed by atoms with van der Waals surface area (Å²) >= 11 is 1.73. The third-order valence-corrected chi connectivity index (χ3v) is 5.12. The van der Waals surface area contributed by atoms with E-state index in [1.54, 1.807) is 18.8 Å². The second-order valence-electron chi connectivity index (χ2n) is 5.20. The minimum absolute atomic E-state index is 0.348. The molecule has 116 valence electrons. The lowest BCUT2D eigenvalue weighted by atomic mass is 10.2. The van der Waals surface area contributed by atoms with Crippen LogP contribution in [0, 0.1) is 5.92 Å². The predicted octanol–water partition coefficient (Wildman–Crippen LogP) is 1.14. The fourth-order valence-electron chi connectivity index (χ4n) is 1.51. The van der Waals surface area contributed by atoms with Crippen molar-refractivity contribution >= 4 is 22.0 Å². The van der Waals surface area contributed by atoms with E-state index in [9.17, 15) is 8.42 Å². The van der Waals surface area contributed by atoms with Crippen LogP contribution in [-0.4, -0.2) is 57.5 Å². The van der Waals surface area contributed by atoms with Crippen molar-refractivity contribution in [2.75, 3.05) is 38.7 Å². The molecule has 0 heterocycles. The van der Waals surface area contributed by atoms with Crippen molar-refractivity contribution in [1.82, 2.24) is 14.3 Å². The standard InChI is InChI=1S/C12H29N3O2S2/c1-11(2)13-7-6-8-15(4)19(16,17)14-9-12(3)10-18-5/h11-14H,6-10H2,1-5H3. The molecule has 0 fully saturated rings. The van der Waals surface area contributed by atoms with Crippen molar-refractivity contribution in [3.63, 3.8) is 0 Å². The molecule has 19 heavy (non-hydrogen) atoms. The van der Waals surface area contributed by atoms with E-state index in [0.29, 0.717) is 25.0 Å². The topological polar surface area (TPSA) is 61.4 Å². The molecule has 5 nitrogen and oxygen atoms in total. The molecule has 0 saturated heterocycles. The Morgan fingerprint density at radius 1 is 1.26 bits per heavy atom. The van der Waals surface area contributed by atoms with Gasteiger partial charge in [-0.15, -0.1) is 0 Å². The number of hydrogen-bond acceptors (Lipinski definition) is 4. The van der Waals surface area contributed by atoms with Gasteiger partial charge in [0.25, 0.3) is 10.2 Å². The molecular formula is C12H29N3O2S2. The van der Waals surface area contributed by atoms with Crippen LogP contribution in [0.15, 0.2) is 0 Å². The van der Waals surface area contributed by atoms with Crippen molar-refractivity contribution in [2.24, 2.45) is 5.92 Å². The zero-order chi connectivity index (χ0) is 14.9. The summed E-state index contributed by atoms with van der Waals surface area (Å²) in [6.07, 6.45) is 2.84. The molecule has 0 saturated carbocycles. The molecule has 1 atom stereocenters. The second kappa shape index (κ2) is 9.99. The van der Waals surface area contributed by atoms with Crippen molar-refractivity contribution in [3.8, 4) is 0 Å². The van der Waals surface area contributed by atoms with Gasteiger partial charge >= 0.3 is 0 Å². The van der Waals surface area contributed by atoms with Crippen molar-refractivity contribution in [1.29, 1.82) is 0 Å². The minimum atomic E-state index is -3.33. The molecule has 0 rings (SSSR count). The van der Waals surface area contributed by atoms with Crippen LogP contribution in [-0.2, 0) is 10.2 Å². The quantitative estimate of drug-likeness (QED) is 0.562. The highest BCUT2D eigenvalue weighted by atomic mass is 32.2. The van der Waals surface area contributed by atoms with Crippen LogP contribution in [0.3, 0.4) is 0 Å². The molecule has 0 amide bonds. The normalized spacial score (nSPS) is 14.3. The summed E-state index contributed by atoms with van der Waals surface area (Å²) in [7, 11) is -1.71. The van der Waals surface area contributed by atoms with E-state index in [4.69, 9.17) is 0 Å². The highest BCUT2D eigenvalue weighted by Crippen LogP contribution is 2.04. The predicted molar refractivity (Wildman–Crippen MR) is 84.9 cm³/mol. The summed E-state index contributed by atoms with van der Waals surface area (Å²) in [6.45, 7) is 8.07. The van der Waals surface area contributed by atoms with Crippen molar-refractivity contribution < 1.29 is 8.42 Å². The molecule has 0 spiro atoms. The fraction of sp³-hybridized carbons (Fsp3) is 1.00. The fourth-order valence-corrected chi connectivity index (χ4v) is 3.29. The van der Waals surface area contributed by atoms with Crippen LogP contribution >= 0.6 is 11.8 Å². The molecule has 0 aromatic heterocycles. The first kappa shape index (κ1) is 19.2. The van der Waals surface area contributed by atoms with Gasteiger partial charge in [0.05, 0.1) is 0 Å². The number of rotatable bonds is 11. The van der Waals surface area contributed by atoms with E-state index < -0.39 is 10.2 Å². The Bertz CT molecular complexity index is 321. The molecular weight excluding hydrogens is 282 g/mol. The zero-order valence-corrected chi connectivity index (χ0v) is 14.4. The smallest absolute Gasteiger partial charge is 0.279 e. The Morgan fingerprint density at radius 3 is 2.42 bits per heavy atom. The Hall–Kier alpha value is 0.180. The summed E-state index contributed by atoms with van der Waals surface area (Å²) in [4.78, 5) is 0. The van der Waals surface area contributed by atoms with Gasteiger partial charge in [0.1, 0.15) is 0 Å². The highest BCUT2D eigenvalue weighted by Gasteiger charge is 2.17. The molecule has 0 radical (unpaired) electrons. The van der Waals surface area contributed by atoms with Crippen molar-refractivity contribution in [3.05, 3.63) is 0 Å². The molecule has 0 aromatic rings. The molecule has 2 N–H and O–H groups in total. The largest absolute Gasteiger partial charge is 0.314 e. The first-order valence-corrected chi connectivity index (χ1v) is 9.56. The van der Waals surface area contributed by atoms with Gasteiger partial charge in [0, 0.05) is 26.2 Å². The first-order valence-electron chi connectivity index (χ1n) is 6.72. The maximum atomic E-state index is 12.0. The van der Waals surface area contributed by atoms with Gasteiger partial charge in [-0.25, -0.2) is 4.72 Å². The summed E-state index contributed by atoms with van der Waals surface area (Å²) in [5, 5.41) is 3.27. The lowest BCUT2D eigenvalue weighted by Gasteiger charge is -2.19. The molecule has 0 bridgehead atoms. The van der Waals surface area contributed by atoms with Crippen LogP contribution in [0.2, 0.25) is 0 Å². The van der Waals surface area contributed by atoms with Gasteiger partial charge < -0.3 is 5.32 Å². The summed E-state index contributed by atoms with van der Waals surface area (Å²) in [5.41, 5.74) is 0. The number of nitrogens with zero attached hydrogens (tertiary/aromatic N) is 1. The van der Waals surface area contributed by atoms with E-state index in [2.05, 4.69) is 23.9 Å². The van der Waals surface area contributed by atoms with Gasteiger partial charge in [0.15, 0.2) is 0 Å².